The Morgan fingerprint density at radius 1 is 1.12 bits per heavy atom. The Morgan fingerprint density at radius 2 is 1.77 bits per heavy atom. The fraction of sp³-hybridized carbons (Fsp3) is 0.529. The molecule has 1 amide bonds. The number of hydrogen-bond acceptors (Lipinski definition) is 3. The number of carboxylic acids is 1. The van der Waals surface area contributed by atoms with Crippen LogP contribution in [0.4, 0.5) is 17.6 Å². The van der Waals surface area contributed by atoms with Crippen LogP contribution in [0.3, 0.4) is 0 Å². The van der Waals surface area contributed by atoms with Crippen LogP contribution in [0, 0.1) is 29.2 Å². The molecular weight excluding hydrogens is 356 g/mol. The summed E-state index contributed by atoms with van der Waals surface area (Å²) in [6.45, 7) is 0.589. The second-order valence-corrected chi connectivity index (χ2v) is 6.91. The van der Waals surface area contributed by atoms with E-state index in [0.29, 0.717) is 31.4 Å². The maximum atomic E-state index is 13.6. The van der Waals surface area contributed by atoms with E-state index in [9.17, 15) is 27.2 Å². The lowest BCUT2D eigenvalue weighted by atomic mass is 9.85. The SMILES string of the molecule is O=C(O)CN(CC1CC1)C1CC(NC(=O)c2cc(F)c(F)c(F)c2F)C1. The van der Waals surface area contributed by atoms with Crippen molar-refractivity contribution in [2.24, 2.45) is 5.92 Å². The van der Waals surface area contributed by atoms with Gasteiger partial charge < -0.3 is 10.4 Å². The van der Waals surface area contributed by atoms with Crippen LogP contribution in [0.25, 0.3) is 0 Å². The van der Waals surface area contributed by atoms with Crippen LogP contribution in [-0.4, -0.2) is 47.1 Å². The highest BCUT2D eigenvalue weighted by Gasteiger charge is 2.38. The molecule has 1 aromatic rings. The summed E-state index contributed by atoms with van der Waals surface area (Å²) in [6, 6.07) is -0.0645. The van der Waals surface area contributed by atoms with E-state index in [-0.39, 0.29) is 18.6 Å². The summed E-state index contributed by atoms with van der Waals surface area (Å²) in [4.78, 5) is 24.8. The van der Waals surface area contributed by atoms with Crippen LogP contribution in [0.15, 0.2) is 6.07 Å². The van der Waals surface area contributed by atoms with E-state index in [1.54, 1.807) is 0 Å². The highest BCUT2D eigenvalue weighted by Crippen LogP contribution is 2.34. The van der Waals surface area contributed by atoms with Crippen molar-refractivity contribution in [1.82, 2.24) is 10.2 Å². The molecule has 0 heterocycles. The summed E-state index contributed by atoms with van der Waals surface area (Å²) in [7, 11) is 0. The van der Waals surface area contributed by atoms with Gasteiger partial charge in [-0.05, 0) is 37.7 Å². The molecular formula is C17H18F4N2O3. The molecule has 0 aromatic heterocycles. The van der Waals surface area contributed by atoms with Crippen LogP contribution < -0.4 is 5.32 Å². The predicted octanol–water partition coefficient (Wildman–Crippen LogP) is 2.30. The molecule has 142 valence electrons. The van der Waals surface area contributed by atoms with Gasteiger partial charge in [-0.1, -0.05) is 0 Å². The number of benzene rings is 1. The number of rotatable bonds is 7. The molecule has 3 rings (SSSR count). The fourth-order valence-electron chi connectivity index (χ4n) is 3.15. The van der Waals surface area contributed by atoms with E-state index in [1.807, 2.05) is 4.90 Å². The third-order valence-corrected chi connectivity index (χ3v) is 4.84. The molecule has 5 nitrogen and oxygen atoms in total. The van der Waals surface area contributed by atoms with Gasteiger partial charge in [0, 0.05) is 18.6 Å². The Morgan fingerprint density at radius 3 is 2.35 bits per heavy atom. The van der Waals surface area contributed by atoms with Crippen LogP contribution in [-0.2, 0) is 4.79 Å². The van der Waals surface area contributed by atoms with Gasteiger partial charge in [0.2, 0.25) is 0 Å². The van der Waals surface area contributed by atoms with Crippen molar-refractivity contribution >= 4 is 11.9 Å². The maximum Gasteiger partial charge on any atom is 0.317 e. The van der Waals surface area contributed by atoms with Gasteiger partial charge in [0.15, 0.2) is 23.3 Å². The number of carbonyl (C=O) groups excluding carboxylic acids is 1. The highest BCUT2D eigenvalue weighted by molar-refractivity contribution is 5.94. The Hall–Kier alpha value is -2.16. The first-order chi connectivity index (χ1) is 12.3. The smallest absolute Gasteiger partial charge is 0.317 e. The molecule has 2 aliphatic carbocycles. The summed E-state index contributed by atoms with van der Waals surface area (Å²) >= 11 is 0. The molecule has 1 aromatic carbocycles. The zero-order valence-electron chi connectivity index (χ0n) is 13.8. The fourth-order valence-corrected chi connectivity index (χ4v) is 3.15. The Labute approximate surface area is 147 Å². The number of aliphatic carboxylic acids is 1. The number of hydrogen-bond donors (Lipinski definition) is 2. The van der Waals surface area contributed by atoms with E-state index < -0.39 is 40.7 Å². The minimum atomic E-state index is -2.03. The molecule has 0 aliphatic heterocycles. The molecule has 26 heavy (non-hydrogen) atoms. The maximum absolute atomic E-state index is 13.6. The molecule has 0 atom stereocenters. The molecule has 0 radical (unpaired) electrons. The number of nitrogens with zero attached hydrogens (tertiary/aromatic N) is 1. The molecule has 0 unspecified atom stereocenters. The van der Waals surface area contributed by atoms with Crippen molar-refractivity contribution in [3.63, 3.8) is 0 Å². The first-order valence-corrected chi connectivity index (χ1v) is 8.36. The average molecular weight is 374 g/mol. The lowest BCUT2D eigenvalue weighted by Gasteiger charge is -2.42. The molecule has 2 aliphatic rings. The van der Waals surface area contributed by atoms with Crippen molar-refractivity contribution in [3.8, 4) is 0 Å². The van der Waals surface area contributed by atoms with Gasteiger partial charge >= 0.3 is 5.97 Å². The highest BCUT2D eigenvalue weighted by atomic mass is 19.2. The van der Waals surface area contributed by atoms with E-state index in [1.165, 1.54) is 0 Å². The van der Waals surface area contributed by atoms with Crippen LogP contribution >= 0.6 is 0 Å². The van der Waals surface area contributed by atoms with Crippen molar-refractivity contribution in [1.29, 1.82) is 0 Å². The molecule has 9 heteroatoms. The third-order valence-electron chi connectivity index (χ3n) is 4.84. The van der Waals surface area contributed by atoms with Crippen molar-refractivity contribution < 1.29 is 32.3 Å². The molecule has 2 saturated carbocycles. The van der Waals surface area contributed by atoms with Gasteiger partial charge in [-0.25, -0.2) is 17.6 Å². The zero-order chi connectivity index (χ0) is 19.0. The van der Waals surface area contributed by atoms with Gasteiger partial charge in [0.1, 0.15) is 0 Å². The topological polar surface area (TPSA) is 69.6 Å². The molecule has 2 fully saturated rings. The molecule has 2 N–H and O–H groups in total. The van der Waals surface area contributed by atoms with E-state index >= 15 is 0 Å². The number of halogens is 4. The second-order valence-electron chi connectivity index (χ2n) is 6.91. The van der Waals surface area contributed by atoms with Crippen molar-refractivity contribution in [2.75, 3.05) is 13.1 Å². The number of amides is 1. The molecule has 0 spiro atoms. The van der Waals surface area contributed by atoms with Crippen molar-refractivity contribution in [3.05, 3.63) is 34.9 Å². The Balaban J connectivity index is 1.58. The minimum Gasteiger partial charge on any atom is -0.480 e. The van der Waals surface area contributed by atoms with Gasteiger partial charge in [-0.15, -0.1) is 0 Å². The first-order valence-electron chi connectivity index (χ1n) is 8.36. The number of nitrogens with one attached hydrogen (secondary N) is 1. The van der Waals surface area contributed by atoms with Crippen molar-refractivity contribution in [2.45, 2.75) is 37.8 Å². The normalized spacial score (nSPS) is 22.2. The molecule has 0 bridgehead atoms. The van der Waals surface area contributed by atoms with Crippen LogP contribution in [0.5, 0.6) is 0 Å². The number of carboxylic acid groups (broad SMARTS) is 1. The summed E-state index contributed by atoms with van der Waals surface area (Å²) in [6.07, 6.45) is 3.06. The lowest BCUT2D eigenvalue weighted by Crippen LogP contribution is -2.55. The predicted molar refractivity (Wildman–Crippen MR) is 82.5 cm³/mol. The quantitative estimate of drug-likeness (QED) is 0.437. The van der Waals surface area contributed by atoms with E-state index in [0.717, 1.165) is 12.8 Å². The van der Waals surface area contributed by atoms with Gasteiger partial charge in [-0.2, -0.15) is 0 Å². The van der Waals surface area contributed by atoms with Crippen LogP contribution in [0.2, 0.25) is 0 Å². The van der Waals surface area contributed by atoms with Gasteiger partial charge in [-0.3, -0.25) is 14.5 Å². The van der Waals surface area contributed by atoms with Gasteiger partial charge in [0.25, 0.3) is 5.91 Å². The summed E-state index contributed by atoms with van der Waals surface area (Å²) in [5.41, 5.74) is -0.898. The van der Waals surface area contributed by atoms with E-state index in [2.05, 4.69) is 5.32 Å². The molecule has 0 saturated heterocycles. The lowest BCUT2D eigenvalue weighted by molar-refractivity contribution is -0.139. The van der Waals surface area contributed by atoms with Crippen LogP contribution in [0.1, 0.15) is 36.0 Å². The Bertz CT molecular complexity index is 733. The van der Waals surface area contributed by atoms with E-state index in [4.69, 9.17) is 5.11 Å². The summed E-state index contributed by atoms with van der Waals surface area (Å²) in [5, 5.41) is 11.4. The third kappa shape index (κ3) is 3.98. The Kier molecular flexibility index (Phi) is 5.17. The summed E-state index contributed by atoms with van der Waals surface area (Å²) < 4.78 is 53.0. The summed E-state index contributed by atoms with van der Waals surface area (Å²) in [5.74, 6) is -8.84. The first kappa shape index (κ1) is 18.6. The monoisotopic (exact) mass is 374 g/mol. The average Bonchev–Trinajstić information content (AvgIpc) is 3.34. The minimum absolute atomic E-state index is 0.0245. The largest absolute Gasteiger partial charge is 0.480 e. The standard InChI is InChI=1S/C17H18F4N2O3/c18-12-5-11(14(19)16(21)15(12)20)17(26)22-9-3-10(4-9)23(7-13(24)25)6-8-1-2-8/h5,8-10H,1-4,6-7H2,(H,22,26)(H,24,25). The zero-order valence-corrected chi connectivity index (χ0v) is 13.8. The number of carbonyl (C=O) groups is 2. The van der Waals surface area contributed by atoms with Gasteiger partial charge in [0.05, 0.1) is 12.1 Å². The second kappa shape index (κ2) is 7.22.